The van der Waals surface area contributed by atoms with Crippen LogP contribution in [0.1, 0.15) is 50.3 Å². The Morgan fingerprint density at radius 1 is 1.14 bits per heavy atom. The molecular weight excluding hydrogens is 352 g/mol. The van der Waals surface area contributed by atoms with Crippen LogP contribution in [0.25, 0.3) is 0 Å². The minimum absolute atomic E-state index is 0.00692. The minimum atomic E-state index is -0.229. The smallest absolute Gasteiger partial charge is 0.262 e. The maximum atomic E-state index is 12.4. The lowest BCUT2D eigenvalue weighted by molar-refractivity contribution is -0.129. The summed E-state index contributed by atoms with van der Waals surface area (Å²) < 4.78 is 5.77. The van der Waals surface area contributed by atoms with E-state index in [4.69, 9.17) is 4.74 Å². The quantitative estimate of drug-likeness (QED) is 0.731. The van der Waals surface area contributed by atoms with Gasteiger partial charge in [0.2, 0.25) is 5.91 Å². The number of hydrogen-bond donors (Lipinski definition) is 1. The molecule has 2 amide bonds. The topological polar surface area (TPSA) is 58.6 Å². The van der Waals surface area contributed by atoms with E-state index in [1.807, 2.05) is 50.2 Å². The number of hydrogen-bond acceptors (Lipinski definition) is 3. The van der Waals surface area contributed by atoms with Crippen LogP contribution in [0.5, 0.6) is 5.75 Å². The molecule has 0 spiro atoms. The largest absolute Gasteiger partial charge is 0.483 e. The van der Waals surface area contributed by atoms with Crippen molar-refractivity contribution in [2.75, 3.05) is 18.5 Å². The molecule has 0 aliphatic carbocycles. The fraction of sp³-hybridized carbons (Fsp3) is 0.391. The summed E-state index contributed by atoms with van der Waals surface area (Å²) in [6.07, 6.45) is 0. The van der Waals surface area contributed by atoms with Gasteiger partial charge >= 0.3 is 0 Å². The second-order valence-corrected chi connectivity index (χ2v) is 7.21. The first-order chi connectivity index (χ1) is 13.3. The number of benzene rings is 2. The maximum Gasteiger partial charge on any atom is 0.262 e. The summed E-state index contributed by atoms with van der Waals surface area (Å²) in [6, 6.07) is 13.6. The molecule has 0 aliphatic heterocycles. The average Bonchev–Trinajstić information content (AvgIpc) is 2.66. The number of carbonyl (C=O) groups is 2. The van der Waals surface area contributed by atoms with Crippen molar-refractivity contribution in [1.29, 1.82) is 0 Å². The monoisotopic (exact) mass is 382 g/mol. The van der Waals surface area contributed by atoms with Crippen LogP contribution >= 0.6 is 0 Å². The van der Waals surface area contributed by atoms with Crippen LogP contribution in [-0.4, -0.2) is 29.9 Å². The zero-order valence-electron chi connectivity index (χ0n) is 17.4. The summed E-state index contributed by atoms with van der Waals surface area (Å²) >= 11 is 0. The van der Waals surface area contributed by atoms with Gasteiger partial charge in [-0.2, -0.15) is 0 Å². The number of anilines is 1. The normalized spacial score (nSPS) is 10.6. The SMILES string of the molecule is CCN(Cc1ccccc1NC(=O)COc1cc(C(C)C)ccc1C)C(C)=O. The van der Waals surface area contributed by atoms with Crippen molar-refractivity contribution in [3.05, 3.63) is 59.2 Å². The summed E-state index contributed by atoms with van der Waals surface area (Å²) in [5, 5.41) is 2.90. The van der Waals surface area contributed by atoms with E-state index in [1.165, 1.54) is 5.56 Å². The van der Waals surface area contributed by atoms with Crippen molar-refractivity contribution >= 4 is 17.5 Å². The molecule has 0 atom stereocenters. The minimum Gasteiger partial charge on any atom is -0.483 e. The molecule has 5 nitrogen and oxygen atoms in total. The summed E-state index contributed by atoms with van der Waals surface area (Å²) in [7, 11) is 0. The van der Waals surface area contributed by atoms with Crippen molar-refractivity contribution in [3.63, 3.8) is 0 Å². The number of nitrogens with one attached hydrogen (secondary N) is 1. The lowest BCUT2D eigenvalue weighted by atomic mass is 10.0. The molecule has 0 saturated heterocycles. The molecule has 1 N–H and O–H groups in total. The van der Waals surface area contributed by atoms with Crippen LogP contribution in [0.15, 0.2) is 42.5 Å². The Kier molecular flexibility index (Phi) is 7.61. The third-order valence-corrected chi connectivity index (χ3v) is 4.72. The Bertz CT molecular complexity index is 830. The Labute approximate surface area is 167 Å². The van der Waals surface area contributed by atoms with Crippen molar-refractivity contribution in [2.45, 2.75) is 47.1 Å². The highest BCUT2D eigenvalue weighted by Crippen LogP contribution is 2.24. The molecule has 0 aromatic heterocycles. The number of aryl methyl sites for hydroxylation is 1. The molecule has 2 aromatic carbocycles. The highest BCUT2D eigenvalue weighted by Gasteiger charge is 2.13. The molecule has 5 heteroatoms. The maximum absolute atomic E-state index is 12.4. The van der Waals surface area contributed by atoms with Crippen LogP contribution in [0, 0.1) is 6.92 Å². The van der Waals surface area contributed by atoms with Crippen molar-refractivity contribution in [2.24, 2.45) is 0 Å². The Balaban J connectivity index is 2.04. The fourth-order valence-electron chi connectivity index (χ4n) is 2.89. The zero-order valence-corrected chi connectivity index (χ0v) is 17.4. The van der Waals surface area contributed by atoms with E-state index in [0.717, 1.165) is 16.9 Å². The van der Waals surface area contributed by atoms with Gasteiger partial charge in [-0.25, -0.2) is 0 Å². The van der Waals surface area contributed by atoms with Crippen molar-refractivity contribution in [1.82, 2.24) is 4.90 Å². The van der Waals surface area contributed by atoms with Crippen LogP contribution in [0.3, 0.4) is 0 Å². The molecule has 0 bridgehead atoms. The molecule has 0 unspecified atom stereocenters. The molecule has 28 heavy (non-hydrogen) atoms. The standard InChI is InChI=1S/C23H30N2O3/c1-6-25(18(5)26)14-20-9-7-8-10-21(20)24-23(27)15-28-22-13-19(16(2)3)12-11-17(22)4/h7-13,16H,6,14-15H2,1-5H3,(H,24,27). The first-order valence-electron chi connectivity index (χ1n) is 9.68. The molecule has 0 aliphatic rings. The third kappa shape index (κ3) is 5.84. The molecule has 0 saturated carbocycles. The highest BCUT2D eigenvalue weighted by atomic mass is 16.5. The summed E-state index contributed by atoms with van der Waals surface area (Å²) in [5.41, 5.74) is 3.77. The lowest BCUT2D eigenvalue weighted by Crippen LogP contribution is -2.28. The van der Waals surface area contributed by atoms with Gasteiger partial charge in [0.25, 0.3) is 5.91 Å². The number of rotatable bonds is 8. The van der Waals surface area contributed by atoms with Crippen LogP contribution in [-0.2, 0) is 16.1 Å². The van der Waals surface area contributed by atoms with E-state index in [-0.39, 0.29) is 18.4 Å². The molecule has 2 rings (SSSR count). The number of ether oxygens (including phenoxy) is 1. The predicted molar refractivity (Wildman–Crippen MR) is 113 cm³/mol. The van der Waals surface area contributed by atoms with Gasteiger partial charge in [0.05, 0.1) is 0 Å². The molecule has 0 fully saturated rings. The number of amides is 2. The van der Waals surface area contributed by atoms with Gasteiger partial charge in [-0.15, -0.1) is 0 Å². The van der Waals surface area contributed by atoms with Gasteiger partial charge in [-0.1, -0.05) is 44.2 Å². The van der Waals surface area contributed by atoms with E-state index < -0.39 is 0 Å². The van der Waals surface area contributed by atoms with Crippen LogP contribution < -0.4 is 10.1 Å². The molecule has 0 radical (unpaired) electrons. The van der Waals surface area contributed by atoms with Gasteiger partial charge in [-0.3, -0.25) is 9.59 Å². The van der Waals surface area contributed by atoms with Crippen LogP contribution in [0.4, 0.5) is 5.69 Å². The van der Waals surface area contributed by atoms with E-state index in [2.05, 4.69) is 25.2 Å². The summed E-state index contributed by atoms with van der Waals surface area (Å²) in [5.74, 6) is 0.898. The third-order valence-electron chi connectivity index (χ3n) is 4.72. The number of nitrogens with zero attached hydrogens (tertiary/aromatic N) is 1. The summed E-state index contributed by atoms with van der Waals surface area (Å²) in [6.45, 7) is 10.7. The highest BCUT2D eigenvalue weighted by molar-refractivity contribution is 5.92. The average molecular weight is 383 g/mol. The second-order valence-electron chi connectivity index (χ2n) is 7.21. The van der Waals surface area contributed by atoms with E-state index in [0.29, 0.717) is 24.7 Å². The van der Waals surface area contributed by atoms with Gasteiger partial charge in [0, 0.05) is 25.7 Å². The first kappa shape index (κ1) is 21.5. The Morgan fingerprint density at radius 2 is 1.86 bits per heavy atom. The number of para-hydroxylation sites is 1. The van der Waals surface area contributed by atoms with Gasteiger partial charge in [0.1, 0.15) is 5.75 Å². The molecule has 150 valence electrons. The van der Waals surface area contributed by atoms with E-state index >= 15 is 0 Å². The molecule has 2 aromatic rings. The molecule has 0 heterocycles. The molecular formula is C23H30N2O3. The Morgan fingerprint density at radius 3 is 2.50 bits per heavy atom. The van der Waals surface area contributed by atoms with Gasteiger partial charge in [0.15, 0.2) is 6.61 Å². The second kappa shape index (κ2) is 9.93. The first-order valence-corrected chi connectivity index (χ1v) is 9.68. The number of carbonyl (C=O) groups excluding carboxylic acids is 2. The van der Waals surface area contributed by atoms with Gasteiger partial charge in [-0.05, 0) is 48.6 Å². The van der Waals surface area contributed by atoms with Crippen molar-refractivity contribution in [3.8, 4) is 5.75 Å². The van der Waals surface area contributed by atoms with E-state index in [1.54, 1.807) is 11.8 Å². The Hall–Kier alpha value is -2.82. The fourth-order valence-corrected chi connectivity index (χ4v) is 2.89. The van der Waals surface area contributed by atoms with Crippen molar-refractivity contribution < 1.29 is 14.3 Å². The zero-order chi connectivity index (χ0) is 20.7. The van der Waals surface area contributed by atoms with Gasteiger partial charge < -0.3 is 15.0 Å². The van der Waals surface area contributed by atoms with E-state index in [9.17, 15) is 9.59 Å². The lowest BCUT2D eigenvalue weighted by Gasteiger charge is -2.21. The van der Waals surface area contributed by atoms with Crippen LogP contribution in [0.2, 0.25) is 0 Å². The predicted octanol–water partition coefficient (Wildman–Crippen LogP) is 4.50. The summed E-state index contributed by atoms with van der Waals surface area (Å²) in [4.78, 5) is 25.9.